The van der Waals surface area contributed by atoms with Gasteiger partial charge in [-0.25, -0.2) is 21.2 Å². The quantitative estimate of drug-likeness (QED) is 0.370. The average molecular weight is 546 g/mol. The number of benzene rings is 3. The Bertz CT molecular complexity index is 1490. The molecule has 0 fully saturated rings. The Morgan fingerprint density at radius 3 is 2.08 bits per heavy atom. The van der Waals surface area contributed by atoms with Crippen molar-refractivity contribution in [3.63, 3.8) is 0 Å². The topological polar surface area (TPSA) is 121 Å². The van der Waals surface area contributed by atoms with Gasteiger partial charge in [0.2, 0.25) is 15.9 Å². The summed E-state index contributed by atoms with van der Waals surface area (Å²) in [7, 11) is -8.74. The van der Waals surface area contributed by atoms with Crippen LogP contribution in [-0.2, 0) is 31.0 Å². The van der Waals surface area contributed by atoms with E-state index >= 15 is 0 Å². The van der Waals surface area contributed by atoms with Gasteiger partial charge in [0.1, 0.15) is 5.82 Å². The molecule has 3 N–H and O–H groups in total. The van der Waals surface area contributed by atoms with Gasteiger partial charge in [0.25, 0.3) is 10.0 Å². The largest absolute Gasteiger partial charge is 0.416 e. The summed E-state index contributed by atoms with van der Waals surface area (Å²) >= 11 is 0. The number of hydrogen-bond acceptors (Lipinski definition) is 5. The molecule has 1 amide bonds. The second kappa shape index (κ2) is 10.2. The van der Waals surface area contributed by atoms with Crippen LogP contribution >= 0.6 is 0 Å². The van der Waals surface area contributed by atoms with Crippen molar-refractivity contribution in [1.29, 1.82) is 0 Å². The molecule has 3 rings (SSSR count). The summed E-state index contributed by atoms with van der Waals surface area (Å²) in [5.41, 5.74) is -1.49. The summed E-state index contributed by atoms with van der Waals surface area (Å²) < 4.78 is 107. The summed E-state index contributed by atoms with van der Waals surface area (Å²) in [5, 5.41) is 2.33. The molecule has 0 aliphatic carbocycles. The minimum absolute atomic E-state index is 0.0264. The molecular formula is C22H19F4N3O5S2. The van der Waals surface area contributed by atoms with Gasteiger partial charge in [-0.15, -0.1) is 0 Å². The number of halogens is 4. The molecule has 0 bridgehead atoms. The van der Waals surface area contributed by atoms with E-state index in [1.807, 2.05) is 4.72 Å². The van der Waals surface area contributed by atoms with Crippen molar-refractivity contribution in [2.24, 2.45) is 0 Å². The highest BCUT2D eigenvalue weighted by Crippen LogP contribution is 2.30. The first-order chi connectivity index (χ1) is 16.7. The Hall–Kier alpha value is -3.49. The Labute approximate surface area is 204 Å². The molecule has 8 nitrogen and oxygen atoms in total. The lowest BCUT2D eigenvalue weighted by molar-refractivity contribution is -0.137. The van der Waals surface area contributed by atoms with Crippen LogP contribution in [0.15, 0.2) is 82.6 Å². The highest BCUT2D eigenvalue weighted by atomic mass is 32.2. The van der Waals surface area contributed by atoms with Crippen LogP contribution in [0.3, 0.4) is 0 Å². The van der Waals surface area contributed by atoms with Gasteiger partial charge in [0.05, 0.1) is 27.1 Å². The van der Waals surface area contributed by atoms with Gasteiger partial charge in [0, 0.05) is 5.69 Å². The van der Waals surface area contributed by atoms with E-state index in [4.69, 9.17) is 0 Å². The van der Waals surface area contributed by atoms with E-state index < -0.39 is 54.4 Å². The summed E-state index contributed by atoms with van der Waals surface area (Å²) in [6.07, 6.45) is -4.76. The maximum Gasteiger partial charge on any atom is 0.416 e. The normalized spacial score (nSPS) is 13.1. The van der Waals surface area contributed by atoms with E-state index in [1.54, 1.807) is 0 Å². The Morgan fingerprint density at radius 1 is 0.833 bits per heavy atom. The third-order valence-electron chi connectivity index (χ3n) is 4.73. The summed E-state index contributed by atoms with van der Waals surface area (Å²) in [6, 6.07) is 11.5. The average Bonchev–Trinajstić information content (AvgIpc) is 2.80. The van der Waals surface area contributed by atoms with Gasteiger partial charge in [-0.2, -0.15) is 17.9 Å². The molecule has 0 heterocycles. The molecule has 0 spiro atoms. The minimum atomic E-state index is -4.76. The zero-order valence-corrected chi connectivity index (χ0v) is 20.0. The molecule has 3 aromatic carbocycles. The molecule has 36 heavy (non-hydrogen) atoms. The van der Waals surface area contributed by atoms with Gasteiger partial charge in [-0.3, -0.25) is 9.52 Å². The Balaban J connectivity index is 1.73. The number of amides is 1. The van der Waals surface area contributed by atoms with Crippen LogP contribution in [0, 0.1) is 5.82 Å². The fourth-order valence-electron chi connectivity index (χ4n) is 2.93. The smallest absolute Gasteiger partial charge is 0.325 e. The van der Waals surface area contributed by atoms with Crippen molar-refractivity contribution < 1.29 is 39.2 Å². The maximum absolute atomic E-state index is 13.8. The monoisotopic (exact) mass is 545 g/mol. The molecule has 0 radical (unpaired) electrons. The number of hydrogen-bond donors (Lipinski definition) is 3. The molecule has 0 aliphatic heterocycles. The van der Waals surface area contributed by atoms with Crippen molar-refractivity contribution in [1.82, 2.24) is 4.72 Å². The van der Waals surface area contributed by atoms with Crippen LogP contribution in [0.25, 0.3) is 0 Å². The van der Waals surface area contributed by atoms with Crippen molar-refractivity contribution >= 4 is 37.3 Å². The van der Waals surface area contributed by atoms with Crippen LogP contribution in [0.1, 0.15) is 12.5 Å². The number of rotatable bonds is 8. The van der Waals surface area contributed by atoms with E-state index in [0.717, 1.165) is 31.2 Å². The van der Waals surface area contributed by atoms with Gasteiger partial charge < -0.3 is 5.32 Å². The van der Waals surface area contributed by atoms with Crippen LogP contribution in [0.4, 0.5) is 28.9 Å². The fourth-order valence-corrected chi connectivity index (χ4v) is 5.29. The summed E-state index contributed by atoms with van der Waals surface area (Å²) in [5.74, 6) is -1.71. The lowest BCUT2D eigenvalue weighted by Crippen LogP contribution is -2.41. The molecule has 0 saturated carbocycles. The number of sulfonamides is 2. The number of carbonyl (C=O) groups excluding carboxylic acids is 1. The highest BCUT2D eigenvalue weighted by molar-refractivity contribution is 7.92. The predicted octanol–water partition coefficient (Wildman–Crippen LogP) is 3.95. The van der Waals surface area contributed by atoms with Crippen molar-refractivity contribution in [2.75, 3.05) is 10.0 Å². The van der Waals surface area contributed by atoms with E-state index in [9.17, 15) is 39.2 Å². The zero-order valence-electron chi connectivity index (χ0n) is 18.4. The predicted molar refractivity (Wildman–Crippen MR) is 124 cm³/mol. The first-order valence-electron chi connectivity index (χ1n) is 10.1. The molecule has 192 valence electrons. The molecule has 0 saturated heterocycles. The van der Waals surface area contributed by atoms with Crippen LogP contribution in [-0.4, -0.2) is 28.8 Å². The van der Waals surface area contributed by atoms with Gasteiger partial charge in [-0.1, -0.05) is 24.3 Å². The van der Waals surface area contributed by atoms with Crippen molar-refractivity contribution in [3.8, 4) is 0 Å². The van der Waals surface area contributed by atoms with E-state index in [0.29, 0.717) is 12.1 Å². The van der Waals surface area contributed by atoms with Gasteiger partial charge >= 0.3 is 6.18 Å². The number of alkyl halides is 3. The molecular weight excluding hydrogens is 526 g/mol. The molecule has 14 heteroatoms. The maximum atomic E-state index is 13.8. The number of carbonyl (C=O) groups is 1. The van der Waals surface area contributed by atoms with E-state index in [2.05, 4.69) is 10.0 Å². The zero-order chi connectivity index (χ0) is 26.7. The molecule has 1 atom stereocenters. The first-order valence-corrected chi connectivity index (χ1v) is 13.0. The first kappa shape index (κ1) is 27.1. The lowest BCUT2D eigenvalue weighted by atomic mass is 10.2. The van der Waals surface area contributed by atoms with E-state index in [-0.39, 0.29) is 16.3 Å². The van der Waals surface area contributed by atoms with Gasteiger partial charge in [0.15, 0.2) is 0 Å². The lowest BCUT2D eigenvalue weighted by Gasteiger charge is -2.16. The molecule has 0 aromatic heterocycles. The van der Waals surface area contributed by atoms with Crippen molar-refractivity contribution in [2.45, 2.75) is 28.9 Å². The third kappa shape index (κ3) is 6.59. The molecule has 3 aromatic rings. The second-order valence-electron chi connectivity index (χ2n) is 7.47. The number of para-hydroxylation sites is 1. The number of nitrogens with one attached hydrogen (secondary N) is 3. The molecule has 1 unspecified atom stereocenters. The Kier molecular flexibility index (Phi) is 7.71. The number of anilines is 2. The van der Waals surface area contributed by atoms with Gasteiger partial charge in [-0.05, 0) is 55.5 Å². The second-order valence-corrected chi connectivity index (χ2v) is 10.9. The summed E-state index contributed by atoms with van der Waals surface area (Å²) in [6.45, 7) is 1.15. The SMILES string of the molecule is CC(NS(=O)(=O)c1cccc(C(F)(F)F)c1)C(=O)Nc1cccc(S(=O)(=O)Nc2ccccc2F)c1. The standard InChI is InChI=1S/C22H19F4N3O5S2/c1-14(28-35(31,32)17-8-4-6-15(12-17)22(24,25)26)21(30)27-16-7-5-9-18(13-16)36(33,34)29-20-11-3-2-10-19(20)23/h2-14,28-29H,1H3,(H,27,30). The molecule has 0 aliphatic rings. The highest BCUT2D eigenvalue weighted by Gasteiger charge is 2.32. The van der Waals surface area contributed by atoms with Crippen molar-refractivity contribution in [3.05, 3.63) is 84.2 Å². The van der Waals surface area contributed by atoms with E-state index in [1.165, 1.54) is 36.4 Å². The van der Waals surface area contributed by atoms with Crippen LogP contribution < -0.4 is 14.8 Å². The fraction of sp³-hybridized carbons (Fsp3) is 0.136. The van der Waals surface area contributed by atoms with Crippen LogP contribution in [0.5, 0.6) is 0 Å². The third-order valence-corrected chi connectivity index (χ3v) is 7.63. The van der Waals surface area contributed by atoms with Crippen LogP contribution in [0.2, 0.25) is 0 Å². The Morgan fingerprint density at radius 2 is 1.44 bits per heavy atom. The minimum Gasteiger partial charge on any atom is -0.325 e. The summed E-state index contributed by atoms with van der Waals surface area (Å²) in [4.78, 5) is 11.5.